The van der Waals surface area contributed by atoms with Crippen molar-refractivity contribution in [2.24, 2.45) is 0 Å². The maximum atomic E-state index is 12.6. The molecule has 1 fully saturated rings. The molecule has 0 bridgehead atoms. The number of pyridine rings is 1. The highest BCUT2D eigenvalue weighted by Crippen LogP contribution is 2.30. The number of nitrogens with zero attached hydrogens (tertiary/aromatic N) is 1. The zero-order valence-electron chi connectivity index (χ0n) is 16.1. The second kappa shape index (κ2) is 7.18. The van der Waals surface area contributed by atoms with Crippen molar-refractivity contribution >= 4 is 20.7 Å². The molecule has 2 aromatic carbocycles. The predicted molar refractivity (Wildman–Crippen MR) is 113 cm³/mol. The Kier molecular flexibility index (Phi) is 4.85. The molecule has 2 heterocycles. The molecule has 0 saturated carbocycles. The number of hydrogen-bond donors (Lipinski definition) is 1. The molecule has 3 aromatic rings. The van der Waals surface area contributed by atoms with Crippen molar-refractivity contribution in [2.75, 3.05) is 26.4 Å². The number of H-pyrrole nitrogens is 1. The Morgan fingerprint density at radius 3 is 2.32 bits per heavy atom. The van der Waals surface area contributed by atoms with E-state index in [2.05, 4.69) is 29.1 Å². The van der Waals surface area contributed by atoms with Gasteiger partial charge in [0.2, 0.25) is 0 Å². The minimum absolute atomic E-state index is 0.174. The Morgan fingerprint density at radius 2 is 1.68 bits per heavy atom. The van der Waals surface area contributed by atoms with Gasteiger partial charge in [-0.25, -0.2) is 8.42 Å². The average molecular weight is 397 g/mol. The third kappa shape index (κ3) is 3.75. The SMILES string of the molecule is CN1CCC(c2ccc3[nH]c(=O)c(-c4ccc(S(C)(=O)=O)cc4)cc3c2)CC1. The maximum absolute atomic E-state index is 12.6. The Balaban J connectivity index is 1.73. The van der Waals surface area contributed by atoms with E-state index in [4.69, 9.17) is 0 Å². The first-order valence-corrected chi connectivity index (χ1v) is 11.4. The van der Waals surface area contributed by atoms with Gasteiger partial charge >= 0.3 is 0 Å². The van der Waals surface area contributed by atoms with Crippen LogP contribution in [0.15, 0.2) is 58.2 Å². The Hall–Kier alpha value is -2.44. The molecule has 5 nitrogen and oxygen atoms in total. The lowest BCUT2D eigenvalue weighted by molar-refractivity contribution is 0.255. The zero-order valence-corrected chi connectivity index (χ0v) is 16.9. The Morgan fingerprint density at radius 1 is 1.00 bits per heavy atom. The van der Waals surface area contributed by atoms with Crippen molar-refractivity contribution < 1.29 is 8.42 Å². The van der Waals surface area contributed by atoms with E-state index in [0.29, 0.717) is 17.0 Å². The summed E-state index contributed by atoms with van der Waals surface area (Å²) in [6.07, 6.45) is 3.46. The van der Waals surface area contributed by atoms with E-state index in [0.717, 1.165) is 36.8 Å². The topological polar surface area (TPSA) is 70.2 Å². The highest BCUT2D eigenvalue weighted by atomic mass is 32.2. The van der Waals surface area contributed by atoms with Crippen LogP contribution in [-0.4, -0.2) is 44.7 Å². The fraction of sp³-hybridized carbons (Fsp3) is 0.318. The van der Waals surface area contributed by atoms with Crippen molar-refractivity contribution in [1.29, 1.82) is 0 Å². The predicted octanol–water partition coefficient (Wildman–Crippen LogP) is 3.41. The number of aromatic amines is 1. The molecule has 0 amide bonds. The largest absolute Gasteiger partial charge is 0.321 e. The van der Waals surface area contributed by atoms with Gasteiger partial charge < -0.3 is 9.88 Å². The number of fused-ring (bicyclic) bond motifs is 1. The summed E-state index contributed by atoms with van der Waals surface area (Å²) >= 11 is 0. The van der Waals surface area contributed by atoms with Crippen LogP contribution >= 0.6 is 0 Å². The van der Waals surface area contributed by atoms with Gasteiger partial charge in [-0.05, 0) is 85.7 Å². The van der Waals surface area contributed by atoms with Gasteiger partial charge in [-0.15, -0.1) is 0 Å². The molecule has 0 atom stereocenters. The molecule has 28 heavy (non-hydrogen) atoms. The Bertz CT molecular complexity index is 1170. The van der Waals surface area contributed by atoms with E-state index in [1.54, 1.807) is 24.3 Å². The van der Waals surface area contributed by atoms with Gasteiger partial charge in [0, 0.05) is 17.3 Å². The molecule has 4 rings (SSSR count). The van der Waals surface area contributed by atoms with Crippen LogP contribution in [0.2, 0.25) is 0 Å². The number of sulfone groups is 1. The van der Waals surface area contributed by atoms with Crippen LogP contribution < -0.4 is 5.56 Å². The van der Waals surface area contributed by atoms with Gasteiger partial charge in [0.15, 0.2) is 9.84 Å². The van der Waals surface area contributed by atoms with Crippen molar-refractivity contribution in [2.45, 2.75) is 23.7 Å². The van der Waals surface area contributed by atoms with Gasteiger partial charge in [0.25, 0.3) is 5.56 Å². The van der Waals surface area contributed by atoms with Crippen LogP contribution in [0, 0.1) is 0 Å². The summed E-state index contributed by atoms with van der Waals surface area (Å²) < 4.78 is 23.3. The number of likely N-dealkylation sites (tertiary alicyclic amines) is 1. The minimum atomic E-state index is -3.26. The van der Waals surface area contributed by atoms with Crippen LogP contribution in [0.4, 0.5) is 0 Å². The molecule has 1 N–H and O–H groups in total. The number of aromatic nitrogens is 1. The lowest BCUT2D eigenvalue weighted by Crippen LogP contribution is -2.29. The standard InChI is InChI=1S/C22H24N2O3S/c1-24-11-9-15(10-12-24)17-5-8-21-18(13-17)14-20(22(25)23-21)16-3-6-19(7-4-16)28(2,26)27/h3-8,13-15H,9-12H2,1-2H3,(H,23,25). The first-order valence-electron chi connectivity index (χ1n) is 9.47. The van der Waals surface area contributed by atoms with Crippen LogP contribution in [0.3, 0.4) is 0 Å². The summed E-state index contributed by atoms with van der Waals surface area (Å²) in [6.45, 7) is 2.21. The van der Waals surface area contributed by atoms with Crippen LogP contribution in [0.1, 0.15) is 24.3 Å². The molecule has 0 unspecified atom stereocenters. The maximum Gasteiger partial charge on any atom is 0.256 e. The number of rotatable bonds is 3. The van der Waals surface area contributed by atoms with E-state index >= 15 is 0 Å². The van der Waals surface area contributed by atoms with Crippen LogP contribution in [-0.2, 0) is 9.84 Å². The van der Waals surface area contributed by atoms with Gasteiger partial charge in [0.1, 0.15) is 0 Å². The molecule has 1 saturated heterocycles. The first kappa shape index (κ1) is 18.9. The number of piperidine rings is 1. The van der Waals surface area contributed by atoms with Crippen molar-refractivity contribution in [3.8, 4) is 11.1 Å². The summed E-state index contributed by atoms with van der Waals surface area (Å²) in [6, 6.07) is 14.7. The smallest absolute Gasteiger partial charge is 0.256 e. The van der Waals surface area contributed by atoms with Crippen molar-refractivity contribution in [3.05, 3.63) is 64.4 Å². The molecule has 146 valence electrons. The second-order valence-corrected chi connectivity index (χ2v) is 9.75. The number of hydrogen-bond acceptors (Lipinski definition) is 4. The molecule has 1 aromatic heterocycles. The fourth-order valence-corrected chi connectivity index (χ4v) is 4.55. The Labute approximate surface area is 164 Å². The van der Waals surface area contributed by atoms with Crippen molar-refractivity contribution in [3.63, 3.8) is 0 Å². The quantitative estimate of drug-likeness (QED) is 0.737. The van der Waals surface area contributed by atoms with Crippen LogP contribution in [0.25, 0.3) is 22.0 Å². The molecule has 0 radical (unpaired) electrons. The number of benzene rings is 2. The molecule has 1 aliphatic rings. The summed E-state index contributed by atoms with van der Waals surface area (Å²) in [5, 5.41) is 0.998. The third-order valence-corrected chi connectivity index (χ3v) is 6.78. The van der Waals surface area contributed by atoms with E-state index in [1.165, 1.54) is 11.8 Å². The van der Waals surface area contributed by atoms with Gasteiger partial charge in [-0.3, -0.25) is 4.79 Å². The lowest BCUT2D eigenvalue weighted by atomic mass is 9.88. The highest BCUT2D eigenvalue weighted by Gasteiger charge is 2.19. The van der Waals surface area contributed by atoms with E-state index in [1.807, 2.05) is 12.1 Å². The third-order valence-electron chi connectivity index (χ3n) is 5.65. The van der Waals surface area contributed by atoms with Gasteiger partial charge in [-0.1, -0.05) is 18.2 Å². The van der Waals surface area contributed by atoms with E-state index < -0.39 is 9.84 Å². The van der Waals surface area contributed by atoms with Crippen molar-refractivity contribution in [1.82, 2.24) is 9.88 Å². The fourth-order valence-electron chi connectivity index (χ4n) is 3.92. The molecular formula is C22H24N2O3S. The van der Waals surface area contributed by atoms with E-state index in [9.17, 15) is 13.2 Å². The summed E-state index contributed by atoms with van der Waals surface area (Å²) in [5.41, 5.74) is 3.21. The normalized spacial score (nSPS) is 16.5. The monoisotopic (exact) mass is 396 g/mol. The van der Waals surface area contributed by atoms with Gasteiger partial charge in [-0.2, -0.15) is 0 Å². The molecule has 0 aliphatic carbocycles. The second-order valence-electron chi connectivity index (χ2n) is 7.73. The molecule has 6 heteroatoms. The molecule has 0 spiro atoms. The minimum Gasteiger partial charge on any atom is -0.321 e. The summed E-state index contributed by atoms with van der Waals surface area (Å²) in [4.78, 5) is 18.1. The summed E-state index contributed by atoms with van der Waals surface area (Å²) in [7, 11) is -1.10. The lowest BCUT2D eigenvalue weighted by Gasteiger charge is -2.29. The number of nitrogens with one attached hydrogen (secondary N) is 1. The zero-order chi connectivity index (χ0) is 19.9. The first-order chi connectivity index (χ1) is 13.3. The highest BCUT2D eigenvalue weighted by molar-refractivity contribution is 7.90. The summed E-state index contributed by atoms with van der Waals surface area (Å²) in [5.74, 6) is 0.546. The van der Waals surface area contributed by atoms with Crippen LogP contribution in [0.5, 0.6) is 0 Å². The van der Waals surface area contributed by atoms with Gasteiger partial charge in [0.05, 0.1) is 4.90 Å². The van der Waals surface area contributed by atoms with E-state index in [-0.39, 0.29) is 10.5 Å². The molecule has 1 aliphatic heterocycles. The molecular weight excluding hydrogens is 372 g/mol. The average Bonchev–Trinajstić information content (AvgIpc) is 2.67.